The van der Waals surface area contributed by atoms with Crippen LogP contribution in [0.5, 0.6) is 11.5 Å². The normalized spacial score (nSPS) is 23.7. The SMILES string of the molecule is COc1ccc(CN2CC(C(=O)N[C@H]3CCCC[C@@H]3O)Oc3ccccc32)cc1. The summed E-state index contributed by atoms with van der Waals surface area (Å²) in [5.41, 5.74) is 2.11. The summed E-state index contributed by atoms with van der Waals surface area (Å²) in [6, 6.07) is 15.6. The molecule has 1 amide bonds. The number of benzene rings is 2. The Bertz CT molecular complexity index is 839. The summed E-state index contributed by atoms with van der Waals surface area (Å²) in [5.74, 6) is 1.36. The lowest BCUT2D eigenvalue weighted by molar-refractivity contribution is -0.129. The molecule has 1 unspecified atom stereocenters. The highest BCUT2D eigenvalue weighted by Gasteiger charge is 2.33. The van der Waals surface area contributed by atoms with Crippen molar-refractivity contribution in [1.29, 1.82) is 0 Å². The minimum atomic E-state index is -0.614. The van der Waals surface area contributed by atoms with Crippen LogP contribution in [-0.2, 0) is 11.3 Å². The van der Waals surface area contributed by atoms with Crippen molar-refractivity contribution in [1.82, 2.24) is 5.32 Å². The van der Waals surface area contributed by atoms with Crippen molar-refractivity contribution in [2.75, 3.05) is 18.6 Å². The molecule has 0 aromatic heterocycles. The summed E-state index contributed by atoms with van der Waals surface area (Å²) in [6.07, 6.45) is 2.50. The van der Waals surface area contributed by atoms with E-state index in [1.807, 2.05) is 48.5 Å². The number of aliphatic hydroxyl groups excluding tert-OH is 1. The number of para-hydroxylation sites is 2. The molecular weight excluding hydrogens is 368 g/mol. The number of anilines is 1. The van der Waals surface area contributed by atoms with E-state index in [9.17, 15) is 9.90 Å². The van der Waals surface area contributed by atoms with Crippen LogP contribution in [0.4, 0.5) is 5.69 Å². The third kappa shape index (κ3) is 4.48. The number of nitrogens with one attached hydrogen (secondary N) is 1. The summed E-state index contributed by atoms with van der Waals surface area (Å²) in [6.45, 7) is 1.12. The van der Waals surface area contributed by atoms with Gasteiger partial charge in [0.05, 0.1) is 31.5 Å². The number of fused-ring (bicyclic) bond motifs is 1. The van der Waals surface area contributed by atoms with E-state index in [1.54, 1.807) is 7.11 Å². The highest BCUT2D eigenvalue weighted by Crippen LogP contribution is 2.34. The molecule has 0 spiro atoms. The van der Waals surface area contributed by atoms with Crippen molar-refractivity contribution in [2.24, 2.45) is 0 Å². The Morgan fingerprint density at radius 2 is 1.93 bits per heavy atom. The zero-order valence-electron chi connectivity index (χ0n) is 16.7. The van der Waals surface area contributed by atoms with Gasteiger partial charge < -0.3 is 24.8 Å². The predicted octanol–water partition coefficient (Wildman–Crippen LogP) is 2.88. The molecule has 1 aliphatic carbocycles. The van der Waals surface area contributed by atoms with Gasteiger partial charge >= 0.3 is 0 Å². The predicted molar refractivity (Wildman–Crippen MR) is 111 cm³/mol. The lowest BCUT2D eigenvalue weighted by Gasteiger charge is -2.37. The number of carbonyl (C=O) groups is 1. The van der Waals surface area contributed by atoms with Crippen molar-refractivity contribution in [3.63, 3.8) is 0 Å². The molecule has 29 heavy (non-hydrogen) atoms. The smallest absolute Gasteiger partial charge is 0.263 e. The first-order chi connectivity index (χ1) is 14.1. The van der Waals surface area contributed by atoms with Gasteiger partial charge in [-0.25, -0.2) is 0 Å². The Morgan fingerprint density at radius 1 is 1.17 bits per heavy atom. The maximum Gasteiger partial charge on any atom is 0.263 e. The van der Waals surface area contributed by atoms with E-state index in [0.29, 0.717) is 18.8 Å². The van der Waals surface area contributed by atoms with Gasteiger partial charge in [0.15, 0.2) is 6.10 Å². The van der Waals surface area contributed by atoms with Crippen LogP contribution in [0, 0.1) is 0 Å². The van der Waals surface area contributed by atoms with Crippen LogP contribution in [0.15, 0.2) is 48.5 Å². The van der Waals surface area contributed by atoms with Crippen molar-refractivity contribution < 1.29 is 19.4 Å². The van der Waals surface area contributed by atoms with Gasteiger partial charge in [0.2, 0.25) is 0 Å². The topological polar surface area (TPSA) is 71.0 Å². The van der Waals surface area contributed by atoms with E-state index in [1.165, 1.54) is 0 Å². The third-order valence-electron chi connectivity index (χ3n) is 5.74. The third-order valence-corrected chi connectivity index (χ3v) is 5.74. The Kier molecular flexibility index (Phi) is 5.90. The second-order valence-electron chi connectivity index (χ2n) is 7.77. The second kappa shape index (κ2) is 8.74. The van der Waals surface area contributed by atoms with Gasteiger partial charge in [-0.2, -0.15) is 0 Å². The number of nitrogens with zero attached hydrogens (tertiary/aromatic N) is 1. The molecule has 1 fully saturated rings. The summed E-state index contributed by atoms with van der Waals surface area (Å²) in [7, 11) is 1.65. The second-order valence-corrected chi connectivity index (χ2v) is 7.77. The maximum absolute atomic E-state index is 12.9. The largest absolute Gasteiger partial charge is 0.497 e. The molecule has 0 radical (unpaired) electrons. The highest BCUT2D eigenvalue weighted by atomic mass is 16.5. The number of carbonyl (C=O) groups excluding carboxylic acids is 1. The van der Waals surface area contributed by atoms with Crippen LogP contribution in [0.1, 0.15) is 31.2 Å². The van der Waals surface area contributed by atoms with E-state index in [4.69, 9.17) is 9.47 Å². The quantitative estimate of drug-likeness (QED) is 0.813. The zero-order chi connectivity index (χ0) is 20.2. The molecule has 2 aromatic rings. The van der Waals surface area contributed by atoms with E-state index < -0.39 is 12.2 Å². The lowest BCUT2D eigenvalue weighted by atomic mass is 9.92. The summed E-state index contributed by atoms with van der Waals surface area (Å²) in [5, 5.41) is 13.2. The van der Waals surface area contributed by atoms with E-state index in [0.717, 1.165) is 42.7 Å². The number of ether oxygens (including phenoxy) is 2. The van der Waals surface area contributed by atoms with E-state index in [2.05, 4.69) is 10.2 Å². The number of aliphatic hydroxyl groups is 1. The molecule has 1 heterocycles. The van der Waals surface area contributed by atoms with E-state index >= 15 is 0 Å². The summed E-state index contributed by atoms with van der Waals surface area (Å²) >= 11 is 0. The van der Waals surface area contributed by atoms with Crippen LogP contribution in [0.25, 0.3) is 0 Å². The van der Waals surface area contributed by atoms with Crippen LogP contribution >= 0.6 is 0 Å². The van der Waals surface area contributed by atoms with Crippen molar-refractivity contribution in [2.45, 2.75) is 50.5 Å². The lowest BCUT2D eigenvalue weighted by Crippen LogP contribution is -2.54. The number of methoxy groups -OCH3 is 1. The fourth-order valence-corrected chi connectivity index (χ4v) is 4.10. The Hall–Kier alpha value is -2.73. The molecule has 0 bridgehead atoms. The fourth-order valence-electron chi connectivity index (χ4n) is 4.10. The first-order valence-electron chi connectivity index (χ1n) is 10.3. The molecule has 3 atom stereocenters. The zero-order valence-corrected chi connectivity index (χ0v) is 16.7. The number of amides is 1. The fraction of sp³-hybridized carbons (Fsp3) is 0.435. The molecule has 2 aromatic carbocycles. The monoisotopic (exact) mass is 396 g/mol. The molecule has 1 aliphatic heterocycles. The number of rotatable bonds is 5. The molecule has 6 nitrogen and oxygen atoms in total. The van der Waals surface area contributed by atoms with Gasteiger partial charge in [0, 0.05) is 6.54 Å². The number of hydrogen-bond acceptors (Lipinski definition) is 5. The molecule has 4 rings (SSSR count). The Morgan fingerprint density at radius 3 is 2.69 bits per heavy atom. The average Bonchev–Trinajstić information content (AvgIpc) is 2.76. The molecule has 1 saturated carbocycles. The first-order valence-corrected chi connectivity index (χ1v) is 10.3. The van der Waals surface area contributed by atoms with Gasteiger partial charge in [-0.15, -0.1) is 0 Å². The van der Waals surface area contributed by atoms with Crippen molar-refractivity contribution in [3.05, 3.63) is 54.1 Å². The van der Waals surface area contributed by atoms with Gasteiger partial charge in [-0.05, 0) is 42.7 Å². The van der Waals surface area contributed by atoms with Gasteiger partial charge in [0.1, 0.15) is 11.5 Å². The standard InChI is InChI=1S/C23H28N2O4/c1-28-17-12-10-16(11-13-17)14-25-15-22(29-21-9-5-3-7-19(21)25)23(27)24-18-6-2-4-8-20(18)26/h3,5,7,9-13,18,20,22,26H,2,4,6,8,14-15H2,1H3,(H,24,27)/t18-,20-,22?/m0/s1. The average molecular weight is 396 g/mol. The highest BCUT2D eigenvalue weighted by molar-refractivity contribution is 5.83. The summed E-state index contributed by atoms with van der Waals surface area (Å²) < 4.78 is 11.3. The summed E-state index contributed by atoms with van der Waals surface area (Å²) in [4.78, 5) is 15.1. The molecule has 6 heteroatoms. The van der Waals surface area contributed by atoms with Crippen LogP contribution in [-0.4, -0.2) is 42.9 Å². The molecular formula is C23H28N2O4. The van der Waals surface area contributed by atoms with Crippen molar-refractivity contribution in [3.8, 4) is 11.5 Å². The minimum absolute atomic E-state index is 0.162. The molecule has 154 valence electrons. The van der Waals surface area contributed by atoms with E-state index in [-0.39, 0.29) is 11.9 Å². The van der Waals surface area contributed by atoms with Gasteiger partial charge in [-0.1, -0.05) is 37.1 Å². The molecule has 2 aliphatic rings. The molecule has 2 N–H and O–H groups in total. The maximum atomic E-state index is 12.9. The molecule has 0 saturated heterocycles. The van der Waals surface area contributed by atoms with Crippen LogP contribution < -0.4 is 19.7 Å². The van der Waals surface area contributed by atoms with Crippen LogP contribution in [0.3, 0.4) is 0 Å². The van der Waals surface area contributed by atoms with Crippen LogP contribution in [0.2, 0.25) is 0 Å². The van der Waals surface area contributed by atoms with Gasteiger partial charge in [0.25, 0.3) is 5.91 Å². The minimum Gasteiger partial charge on any atom is -0.497 e. The Balaban J connectivity index is 1.49. The number of hydrogen-bond donors (Lipinski definition) is 2. The Labute approximate surface area is 171 Å². The van der Waals surface area contributed by atoms with Crippen molar-refractivity contribution >= 4 is 11.6 Å². The van der Waals surface area contributed by atoms with Gasteiger partial charge in [-0.3, -0.25) is 4.79 Å². The first kappa shape index (κ1) is 19.6.